The van der Waals surface area contributed by atoms with E-state index in [0.717, 1.165) is 15.9 Å². The van der Waals surface area contributed by atoms with E-state index in [4.69, 9.17) is 0 Å². The quantitative estimate of drug-likeness (QED) is 0.852. The molecule has 0 unspecified atom stereocenters. The number of hydrogen-bond donors (Lipinski definition) is 0. The molecular weight excluding hydrogens is 310 g/mol. The predicted molar refractivity (Wildman–Crippen MR) is 74.3 cm³/mol. The van der Waals surface area contributed by atoms with Gasteiger partial charge in [0, 0.05) is 26.5 Å². The Bertz CT molecular complexity index is 569. The minimum Gasteiger partial charge on any atom is -0.338 e. The molecule has 0 atom stereocenters. The van der Waals surface area contributed by atoms with E-state index in [1.807, 2.05) is 32.4 Å². The van der Waals surface area contributed by atoms with E-state index in [-0.39, 0.29) is 12.5 Å². The first kappa shape index (κ1) is 13.8. The third kappa shape index (κ3) is 3.44. The van der Waals surface area contributed by atoms with Gasteiger partial charge in [-0.1, -0.05) is 0 Å². The molecule has 7 heteroatoms. The number of carbonyl (C=O) groups excluding carboxylic acids is 1. The van der Waals surface area contributed by atoms with Gasteiger partial charge in [0.15, 0.2) is 0 Å². The molecule has 0 aliphatic heterocycles. The molecule has 0 aliphatic rings. The molecule has 0 aromatic carbocycles. The Kier molecular flexibility index (Phi) is 4.04. The van der Waals surface area contributed by atoms with E-state index in [2.05, 4.69) is 26.1 Å². The van der Waals surface area contributed by atoms with Crippen molar-refractivity contribution in [2.75, 3.05) is 7.05 Å². The Morgan fingerprint density at radius 2 is 2.21 bits per heavy atom. The predicted octanol–water partition coefficient (Wildman–Crippen LogP) is 1.35. The monoisotopic (exact) mass is 325 g/mol. The molecular formula is C12H16BrN5O. The van der Waals surface area contributed by atoms with E-state index in [9.17, 15) is 4.79 Å². The molecule has 19 heavy (non-hydrogen) atoms. The third-order valence-electron chi connectivity index (χ3n) is 2.78. The number of hydrogen-bond acceptors (Lipinski definition) is 3. The van der Waals surface area contributed by atoms with E-state index in [1.165, 1.54) is 0 Å². The Balaban J connectivity index is 1.95. The highest BCUT2D eigenvalue weighted by Crippen LogP contribution is 2.13. The summed E-state index contributed by atoms with van der Waals surface area (Å²) < 4.78 is 4.27. The van der Waals surface area contributed by atoms with Crippen LogP contribution in [0.15, 0.2) is 22.9 Å². The van der Waals surface area contributed by atoms with Crippen LogP contribution < -0.4 is 0 Å². The van der Waals surface area contributed by atoms with Gasteiger partial charge in [-0.2, -0.15) is 10.2 Å². The van der Waals surface area contributed by atoms with Crippen molar-refractivity contribution in [3.8, 4) is 0 Å². The van der Waals surface area contributed by atoms with Crippen molar-refractivity contribution in [2.24, 2.45) is 7.05 Å². The van der Waals surface area contributed by atoms with Crippen molar-refractivity contribution in [3.63, 3.8) is 0 Å². The number of amides is 1. The van der Waals surface area contributed by atoms with Crippen molar-refractivity contribution in [1.82, 2.24) is 24.5 Å². The molecule has 0 bridgehead atoms. The first-order valence-electron chi connectivity index (χ1n) is 5.87. The van der Waals surface area contributed by atoms with Gasteiger partial charge in [-0.15, -0.1) is 0 Å². The van der Waals surface area contributed by atoms with Crippen molar-refractivity contribution in [1.29, 1.82) is 0 Å². The lowest BCUT2D eigenvalue weighted by molar-refractivity contribution is -0.131. The third-order valence-corrected chi connectivity index (χ3v) is 3.56. The zero-order chi connectivity index (χ0) is 14.0. The molecule has 0 saturated heterocycles. The van der Waals surface area contributed by atoms with Gasteiger partial charge in [-0.25, -0.2) is 0 Å². The van der Waals surface area contributed by atoms with Crippen LogP contribution >= 0.6 is 15.9 Å². The molecule has 0 spiro atoms. The fraction of sp³-hybridized carbons (Fsp3) is 0.417. The summed E-state index contributed by atoms with van der Waals surface area (Å²) in [5, 5.41) is 8.50. The summed E-state index contributed by atoms with van der Waals surface area (Å²) in [5.74, 6) is 0.000605. The van der Waals surface area contributed by atoms with E-state index < -0.39 is 0 Å². The SMILES string of the molecule is Cc1nn(CC(=O)N(C)Cc2ccn(C)n2)cc1Br. The van der Waals surface area contributed by atoms with Gasteiger partial charge < -0.3 is 4.90 Å². The molecule has 2 heterocycles. The van der Waals surface area contributed by atoms with Crippen molar-refractivity contribution < 1.29 is 4.79 Å². The molecule has 2 aromatic rings. The zero-order valence-electron chi connectivity index (χ0n) is 11.2. The molecule has 0 saturated carbocycles. The Morgan fingerprint density at radius 3 is 2.74 bits per heavy atom. The number of aromatic nitrogens is 4. The molecule has 0 fully saturated rings. The number of nitrogens with zero attached hydrogens (tertiary/aromatic N) is 5. The standard InChI is InChI=1S/C12H16BrN5O/c1-9-11(13)7-18(14-9)8-12(19)16(2)6-10-4-5-17(3)15-10/h4-5,7H,6,8H2,1-3H3. The van der Waals surface area contributed by atoms with Crippen molar-refractivity contribution in [3.05, 3.63) is 34.3 Å². The summed E-state index contributed by atoms with van der Waals surface area (Å²) >= 11 is 3.38. The normalized spacial score (nSPS) is 10.7. The second-order valence-electron chi connectivity index (χ2n) is 4.49. The molecule has 0 N–H and O–H groups in total. The van der Waals surface area contributed by atoms with Crippen LogP contribution in [0.4, 0.5) is 0 Å². The molecule has 1 amide bonds. The topological polar surface area (TPSA) is 56.0 Å². The zero-order valence-corrected chi connectivity index (χ0v) is 12.8. The second kappa shape index (κ2) is 5.56. The smallest absolute Gasteiger partial charge is 0.244 e. The van der Waals surface area contributed by atoms with Gasteiger partial charge in [-0.3, -0.25) is 14.2 Å². The summed E-state index contributed by atoms with van der Waals surface area (Å²) in [7, 11) is 3.62. The van der Waals surface area contributed by atoms with Gasteiger partial charge in [0.25, 0.3) is 0 Å². The Labute approximate surface area is 120 Å². The van der Waals surface area contributed by atoms with Gasteiger partial charge in [0.05, 0.1) is 22.4 Å². The lowest BCUT2D eigenvalue weighted by Gasteiger charge is -2.15. The summed E-state index contributed by atoms with van der Waals surface area (Å²) in [4.78, 5) is 13.7. The summed E-state index contributed by atoms with van der Waals surface area (Å²) in [6.45, 7) is 2.62. The maximum absolute atomic E-state index is 12.1. The van der Waals surface area contributed by atoms with Gasteiger partial charge >= 0.3 is 0 Å². The Morgan fingerprint density at radius 1 is 1.47 bits per heavy atom. The summed E-state index contributed by atoms with van der Waals surface area (Å²) in [6.07, 6.45) is 3.67. The summed E-state index contributed by atoms with van der Waals surface area (Å²) in [5.41, 5.74) is 1.75. The van der Waals surface area contributed by atoms with Crippen LogP contribution in [0.2, 0.25) is 0 Å². The average molecular weight is 326 g/mol. The number of halogens is 1. The van der Waals surface area contributed by atoms with Crippen LogP contribution in [-0.2, 0) is 24.9 Å². The second-order valence-corrected chi connectivity index (χ2v) is 5.34. The van der Waals surface area contributed by atoms with Crippen LogP contribution in [0.1, 0.15) is 11.4 Å². The minimum absolute atomic E-state index is 0.000605. The van der Waals surface area contributed by atoms with E-state index in [1.54, 1.807) is 21.3 Å². The van der Waals surface area contributed by atoms with E-state index in [0.29, 0.717) is 6.54 Å². The number of rotatable bonds is 4. The lowest BCUT2D eigenvalue weighted by Crippen LogP contribution is -2.30. The number of aryl methyl sites for hydroxylation is 2. The molecule has 0 radical (unpaired) electrons. The van der Waals surface area contributed by atoms with Gasteiger partial charge in [-0.05, 0) is 28.9 Å². The van der Waals surface area contributed by atoms with Crippen molar-refractivity contribution in [2.45, 2.75) is 20.0 Å². The molecule has 2 rings (SSSR count). The van der Waals surface area contributed by atoms with Crippen LogP contribution in [0, 0.1) is 6.92 Å². The minimum atomic E-state index is 0.000605. The largest absolute Gasteiger partial charge is 0.338 e. The number of carbonyl (C=O) groups is 1. The van der Waals surface area contributed by atoms with E-state index >= 15 is 0 Å². The van der Waals surface area contributed by atoms with Gasteiger partial charge in [0.1, 0.15) is 6.54 Å². The molecule has 2 aromatic heterocycles. The number of likely N-dealkylation sites (N-methyl/N-ethyl adjacent to an activating group) is 1. The maximum atomic E-state index is 12.1. The van der Waals surface area contributed by atoms with Crippen LogP contribution in [-0.4, -0.2) is 37.4 Å². The fourth-order valence-electron chi connectivity index (χ4n) is 1.71. The summed E-state index contributed by atoms with van der Waals surface area (Å²) in [6, 6.07) is 1.90. The van der Waals surface area contributed by atoms with Gasteiger partial charge in [0.2, 0.25) is 5.91 Å². The van der Waals surface area contributed by atoms with Crippen LogP contribution in [0.25, 0.3) is 0 Å². The Hall–Kier alpha value is -1.63. The first-order chi connectivity index (χ1) is 8.95. The highest BCUT2D eigenvalue weighted by molar-refractivity contribution is 9.10. The van der Waals surface area contributed by atoms with Crippen LogP contribution in [0.5, 0.6) is 0 Å². The molecule has 6 nitrogen and oxygen atoms in total. The fourth-order valence-corrected chi connectivity index (χ4v) is 2.03. The molecule has 102 valence electrons. The lowest BCUT2D eigenvalue weighted by atomic mass is 10.4. The highest BCUT2D eigenvalue weighted by atomic mass is 79.9. The average Bonchev–Trinajstić information content (AvgIpc) is 2.86. The highest BCUT2D eigenvalue weighted by Gasteiger charge is 2.12. The maximum Gasteiger partial charge on any atom is 0.244 e. The van der Waals surface area contributed by atoms with Crippen LogP contribution in [0.3, 0.4) is 0 Å². The van der Waals surface area contributed by atoms with Crippen molar-refractivity contribution >= 4 is 21.8 Å². The first-order valence-corrected chi connectivity index (χ1v) is 6.67. The molecule has 0 aliphatic carbocycles.